The zero-order valence-corrected chi connectivity index (χ0v) is 11.3. The number of fused-ring (bicyclic) bond motifs is 4. The lowest BCUT2D eigenvalue weighted by Crippen LogP contribution is -2.56. The molecule has 19 heavy (non-hydrogen) atoms. The Morgan fingerprint density at radius 2 is 1.95 bits per heavy atom. The van der Waals surface area contributed by atoms with Gasteiger partial charge in [-0.3, -0.25) is 0 Å². The van der Waals surface area contributed by atoms with Gasteiger partial charge in [-0.15, -0.1) is 0 Å². The minimum atomic E-state index is 0.482. The van der Waals surface area contributed by atoms with Crippen molar-refractivity contribution in [3.63, 3.8) is 0 Å². The molecule has 4 aliphatic heterocycles. The molecule has 2 unspecified atom stereocenters. The Morgan fingerprint density at radius 3 is 2.74 bits per heavy atom. The van der Waals surface area contributed by atoms with Crippen LogP contribution in [0.5, 0.6) is 5.75 Å². The number of benzene rings is 1. The van der Waals surface area contributed by atoms with Crippen molar-refractivity contribution in [1.82, 2.24) is 10.2 Å². The molecule has 2 bridgehead atoms. The van der Waals surface area contributed by atoms with Crippen molar-refractivity contribution < 1.29 is 4.74 Å². The van der Waals surface area contributed by atoms with E-state index in [0.29, 0.717) is 12.1 Å². The van der Waals surface area contributed by atoms with Crippen LogP contribution in [0.25, 0.3) is 0 Å². The van der Waals surface area contributed by atoms with Gasteiger partial charge in [0.25, 0.3) is 0 Å². The molecule has 3 fully saturated rings. The highest BCUT2D eigenvalue weighted by Crippen LogP contribution is 2.34. The van der Waals surface area contributed by atoms with Crippen molar-refractivity contribution >= 4 is 0 Å². The van der Waals surface area contributed by atoms with Crippen molar-refractivity contribution in [2.75, 3.05) is 26.2 Å². The fourth-order valence-electron chi connectivity index (χ4n) is 3.93. The Labute approximate surface area is 114 Å². The average Bonchev–Trinajstić information content (AvgIpc) is 2.49. The van der Waals surface area contributed by atoms with Crippen molar-refractivity contribution in [1.29, 1.82) is 0 Å². The summed E-state index contributed by atoms with van der Waals surface area (Å²) < 4.78 is 5.75. The van der Waals surface area contributed by atoms with Gasteiger partial charge in [0.2, 0.25) is 0 Å². The molecule has 0 saturated carbocycles. The number of piperidine rings is 3. The molecule has 3 heteroatoms. The third-order valence-corrected chi connectivity index (χ3v) is 5.03. The molecular weight excluding hydrogens is 236 g/mol. The summed E-state index contributed by atoms with van der Waals surface area (Å²) in [6.07, 6.45) is 3.85. The highest BCUT2D eigenvalue weighted by atomic mass is 16.5. The maximum absolute atomic E-state index is 5.75. The van der Waals surface area contributed by atoms with Crippen LogP contribution in [0.15, 0.2) is 24.3 Å². The second kappa shape index (κ2) is 4.80. The number of hydrogen-bond acceptors (Lipinski definition) is 3. The summed E-state index contributed by atoms with van der Waals surface area (Å²) in [6, 6.07) is 9.66. The van der Waals surface area contributed by atoms with Crippen LogP contribution in [0.1, 0.15) is 30.9 Å². The minimum absolute atomic E-state index is 0.482. The molecule has 0 amide bonds. The molecule has 3 saturated heterocycles. The highest BCUT2D eigenvalue weighted by Gasteiger charge is 2.36. The lowest BCUT2D eigenvalue weighted by molar-refractivity contribution is 0.0634. The van der Waals surface area contributed by atoms with Gasteiger partial charge in [0.1, 0.15) is 5.75 Å². The minimum Gasteiger partial charge on any atom is -0.493 e. The van der Waals surface area contributed by atoms with Gasteiger partial charge in [-0.05, 0) is 37.9 Å². The molecule has 1 N–H and O–H groups in total. The van der Waals surface area contributed by atoms with Crippen LogP contribution in [-0.2, 0) is 0 Å². The van der Waals surface area contributed by atoms with Gasteiger partial charge in [0.05, 0.1) is 6.61 Å². The molecule has 3 nitrogen and oxygen atoms in total. The summed E-state index contributed by atoms with van der Waals surface area (Å²) in [6.45, 7) is 4.71. The van der Waals surface area contributed by atoms with Crippen LogP contribution in [0.2, 0.25) is 0 Å². The van der Waals surface area contributed by atoms with E-state index < -0.39 is 0 Å². The molecule has 0 spiro atoms. The van der Waals surface area contributed by atoms with E-state index in [9.17, 15) is 0 Å². The zero-order chi connectivity index (χ0) is 12.7. The second-order valence-corrected chi connectivity index (χ2v) is 6.14. The third-order valence-electron chi connectivity index (χ3n) is 5.03. The molecule has 2 atom stereocenters. The first-order valence-electron chi connectivity index (χ1n) is 7.60. The van der Waals surface area contributed by atoms with Crippen LogP contribution in [-0.4, -0.2) is 37.2 Å². The Hall–Kier alpha value is -1.06. The van der Waals surface area contributed by atoms with Crippen molar-refractivity contribution in [2.24, 2.45) is 5.92 Å². The Balaban J connectivity index is 1.52. The number of rotatable bonds is 2. The SMILES string of the molecule is c1ccc2c(c1)OCCC2NC1CN2CCC1CC2. The molecular formula is C16H22N2O. The number of para-hydroxylation sites is 1. The molecule has 0 aromatic heterocycles. The fourth-order valence-corrected chi connectivity index (χ4v) is 3.93. The fraction of sp³-hybridized carbons (Fsp3) is 0.625. The Morgan fingerprint density at radius 1 is 1.11 bits per heavy atom. The lowest BCUT2D eigenvalue weighted by atomic mass is 9.83. The van der Waals surface area contributed by atoms with Crippen molar-refractivity contribution in [2.45, 2.75) is 31.3 Å². The number of hydrogen-bond donors (Lipinski definition) is 1. The summed E-state index contributed by atoms with van der Waals surface area (Å²) >= 11 is 0. The first kappa shape index (κ1) is 11.7. The van der Waals surface area contributed by atoms with Gasteiger partial charge in [-0.25, -0.2) is 0 Å². The smallest absolute Gasteiger partial charge is 0.124 e. The predicted octanol–water partition coefficient (Wildman–Crippen LogP) is 2.19. The predicted molar refractivity (Wildman–Crippen MR) is 75.4 cm³/mol. The standard InChI is InChI=1S/C16H22N2O/c1-2-4-16-13(3-1)14(7-10-19-16)17-15-11-18-8-5-12(15)6-9-18/h1-4,12,14-15,17H,5-11H2. The van der Waals surface area contributed by atoms with Gasteiger partial charge < -0.3 is 15.0 Å². The summed E-state index contributed by atoms with van der Waals surface area (Å²) in [5.74, 6) is 1.97. The van der Waals surface area contributed by atoms with E-state index >= 15 is 0 Å². The molecule has 0 aliphatic carbocycles. The van der Waals surface area contributed by atoms with Gasteiger partial charge >= 0.3 is 0 Å². The summed E-state index contributed by atoms with van der Waals surface area (Å²) in [4.78, 5) is 2.61. The van der Waals surface area contributed by atoms with E-state index in [-0.39, 0.29) is 0 Å². The summed E-state index contributed by atoms with van der Waals surface area (Å²) in [5, 5.41) is 3.92. The van der Waals surface area contributed by atoms with E-state index in [4.69, 9.17) is 4.74 Å². The molecule has 4 heterocycles. The van der Waals surface area contributed by atoms with E-state index in [1.54, 1.807) is 0 Å². The number of nitrogens with one attached hydrogen (secondary N) is 1. The average molecular weight is 258 g/mol. The number of nitrogens with zero attached hydrogens (tertiary/aromatic N) is 1. The highest BCUT2D eigenvalue weighted by molar-refractivity contribution is 5.37. The van der Waals surface area contributed by atoms with Gasteiger partial charge in [0, 0.05) is 30.6 Å². The van der Waals surface area contributed by atoms with Crippen molar-refractivity contribution in [3.05, 3.63) is 29.8 Å². The largest absolute Gasteiger partial charge is 0.493 e. The monoisotopic (exact) mass is 258 g/mol. The number of ether oxygens (including phenoxy) is 1. The van der Waals surface area contributed by atoms with Gasteiger partial charge in [-0.2, -0.15) is 0 Å². The van der Waals surface area contributed by atoms with Crippen LogP contribution in [0.4, 0.5) is 0 Å². The second-order valence-electron chi connectivity index (χ2n) is 6.14. The van der Waals surface area contributed by atoms with Gasteiger partial charge in [-0.1, -0.05) is 18.2 Å². The zero-order valence-electron chi connectivity index (χ0n) is 11.3. The quantitative estimate of drug-likeness (QED) is 0.880. The molecule has 1 aromatic rings. The maximum atomic E-state index is 5.75. The van der Waals surface area contributed by atoms with E-state index in [2.05, 4.69) is 34.5 Å². The first-order valence-corrected chi connectivity index (χ1v) is 7.60. The molecule has 5 rings (SSSR count). The maximum Gasteiger partial charge on any atom is 0.124 e. The van der Waals surface area contributed by atoms with E-state index in [1.807, 2.05) is 0 Å². The van der Waals surface area contributed by atoms with Gasteiger partial charge in [0.15, 0.2) is 0 Å². The Bertz CT molecular complexity index is 454. The molecule has 4 aliphatic rings. The Kier molecular flexibility index (Phi) is 2.97. The lowest BCUT2D eigenvalue weighted by Gasteiger charge is -2.46. The molecule has 0 radical (unpaired) electrons. The van der Waals surface area contributed by atoms with E-state index in [0.717, 1.165) is 24.7 Å². The topological polar surface area (TPSA) is 24.5 Å². The van der Waals surface area contributed by atoms with E-state index in [1.165, 1.54) is 38.0 Å². The normalized spacial score (nSPS) is 36.6. The third kappa shape index (κ3) is 2.15. The van der Waals surface area contributed by atoms with Crippen LogP contribution >= 0.6 is 0 Å². The van der Waals surface area contributed by atoms with Crippen LogP contribution in [0.3, 0.4) is 0 Å². The van der Waals surface area contributed by atoms with Crippen LogP contribution < -0.4 is 10.1 Å². The van der Waals surface area contributed by atoms with Crippen molar-refractivity contribution in [3.8, 4) is 5.75 Å². The summed E-state index contributed by atoms with van der Waals surface area (Å²) in [7, 11) is 0. The molecule has 102 valence electrons. The first-order chi connectivity index (χ1) is 9.40. The molecule has 1 aromatic carbocycles. The van der Waals surface area contributed by atoms with Crippen LogP contribution in [0, 0.1) is 5.92 Å². The summed E-state index contributed by atoms with van der Waals surface area (Å²) in [5.41, 5.74) is 1.35.